The molecule has 0 aliphatic heterocycles. The molecule has 1 aromatic heterocycles. The molecule has 0 fully saturated rings. The number of rotatable bonds is 5. The number of carbonyl (C=O) groups excluding carboxylic acids is 2. The summed E-state index contributed by atoms with van der Waals surface area (Å²) in [5, 5.41) is 10.0. The van der Waals surface area contributed by atoms with Crippen LogP contribution in [-0.2, 0) is 17.6 Å². The molecule has 1 heterocycles. The van der Waals surface area contributed by atoms with Gasteiger partial charge in [0.2, 0.25) is 5.91 Å². The Balaban J connectivity index is 1.46. The van der Waals surface area contributed by atoms with Gasteiger partial charge < -0.3 is 5.32 Å². The van der Waals surface area contributed by atoms with E-state index in [1.165, 1.54) is 5.56 Å². The zero-order valence-electron chi connectivity index (χ0n) is 13.3. The molecule has 0 spiro atoms. The quantitative estimate of drug-likeness (QED) is 0.832. The molecular weight excluding hydrogens is 290 g/mol. The second-order valence-electron chi connectivity index (χ2n) is 6.17. The highest BCUT2D eigenvalue weighted by molar-refractivity contribution is 5.98. The van der Waals surface area contributed by atoms with Gasteiger partial charge in [-0.3, -0.25) is 14.7 Å². The summed E-state index contributed by atoms with van der Waals surface area (Å²) in [4.78, 5) is 24.2. The van der Waals surface area contributed by atoms with Crippen molar-refractivity contribution in [2.75, 3.05) is 0 Å². The summed E-state index contributed by atoms with van der Waals surface area (Å²) in [6, 6.07) is 7.59. The first-order chi connectivity index (χ1) is 11.1. The van der Waals surface area contributed by atoms with Gasteiger partial charge in [0, 0.05) is 36.6 Å². The third kappa shape index (κ3) is 3.86. The molecule has 1 aliphatic carbocycles. The fourth-order valence-electron chi connectivity index (χ4n) is 2.94. The SMILES string of the molecule is Cc1ccc(C(=O)CCC(=O)NC2CCc3cn[nH]c3C2)cc1. The van der Waals surface area contributed by atoms with Gasteiger partial charge in [-0.25, -0.2) is 0 Å². The second-order valence-corrected chi connectivity index (χ2v) is 6.17. The Morgan fingerprint density at radius 2 is 2.04 bits per heavy atom. The molecule has 23 heavy (non-hydrogen) atoms. The van der Waals surface area contributed by atoms with Crippen LogP contribution in [0.25, 0.3) is 0 Å². The third-order valence-corrected chi connectivity index (χ3v) is 4.34. The summed E-state index contributed by atoms with van der Waals surface area (Å²) in [6.45, 7) is 1.98. The molecule has 0 saturated heterocycles. The Morgan fingerprint density at radius 1 is 1.26 bits per heavy atom. The van der Waals surface area contributed by atoms with Crippen LogP contribution >= 0.6 is 0 Å². The molecule has 0 radical (unpaired) electrons. The lowest BCUT2D eigenvalue weighted by atomic mass is 9.93. The first kappa shape index (κ1) is 15.5. The number of hydrogen-bond acceptors (Lipinski definition) is 3. The lowest BCUT2D eigenvalue weighted by Crippen LogP contribution is -2.38. The molecule has 1 aliphatic rings. The molecule has 1 atom stereocenters. The minimum absolute atomic E-state index is 0.0136. The van der Waals surface area contributed by atoms with Crippen molar-refractivity contribution in [3.63, 3.8) is 0 Å². The topological polar surface area (TPSA) is 74.8 Å². The Hall–Kier alpha value is -2.43. The normalized spacial score (nSPS) is 16.7. The number of Topliss-reactive ketones (excluding diaryl/α,β-unsaturated/α-hetero) is 1. The number of H-pyrrole nitrogens is 1. The van der Waals surface area contributed by atoms with E-state index in [9.17, 15) is 9.59 Å². The van der Waals surface area contributed by atoms with Crippen LogP contribution in [0.3, 0.4) is 0 Å². The van der Waals surface area contributed by atoms with Crippen molar-refractivity contribution in [2.24, 2.45) is 0 Å². The summed E-state index contributed by atoms with van der Waals surface area (Å²) in [5.41, 5.74) is 4.14. The number of aryl methyl sites for hydroxylation is 2. The van der Waals surface area contributed by atoms with E-state index >= 15 is 0 Å². The number of aromatic nitrogens is 2. The lowest BCUT2D eigenvalue weighted by molar-refractivity contribution is -0.121. The van der Waals surface area contributed by atoms with Gasteiger partial charge in [-0.15, -0.1) is 0 Å². The van der Waals surface area contributed by atoms with E-state index in [4.69, 9.17) is 0 Å². The summed E-state index contributed by atoms with van der Waals surface area (Å²) >= 11 is 0. The predicted molar refractivity (Wildman–Crippen MR) is 87.3 cm³/mol. The van der Waals surface area contributed by atoms with Crippen molar-refractivity contribution in [2.45, 2.75) is 45.1 Å². The van der Waals surface area contributed by atoms with Crippen molar-refractivity contribution < 1.29 is 9.59 Å². The average molecular weight is 311 g/mol. The predicted octanol–water partition coefficient (Wildman–Crippen LogP) is 2.35. The van der Waals surface area contributed by atoms with Crippen LogP contribution in [0.2, 0.25) is 0 Å². The minimum Gasteiger partial charge on any atom is -0.353 e. The number of hydrogen-bond donors (Lipinski definition) is 2. The van der Waals surface area contributed by atoms with Crippen LogP contribution in [-0.4, -0.2) is 27.9 Å². The maximum absolute atomic E-state index is 12.1. The van der Waals surface area contributed by atoms with E-state index in [-0.39, 0.29) is 30.6 Å². The van der Waals surface area contributed by atoms with Crippen molar-refractivity contribution in [3.8, 4) is 0 Å². The summed E-state index contributed by atoms with van der Waals surface area (Å²) < 4.78 is 0. The molecule has 2 N–H and O–H groups in total. The molecular formula is C18H21N3O2. The first-order valence-corrected chi connectivity index (χ1v) is 8.02. The Labute approximate surface area is 135 Å². The van der Waals surface area contributed by atoms with E-state index in [1.807, 2.05) is 37.4 Å². The van der Waals surface area contributed by atoms with Crippen LogP contribution in [0.15, 0.2) is 30.5 Å². The second kappa shape index (κ2) is 6.77. The Morgan fingerprint density at radius 3 is 2.83 bits per heavy atom. The highest BCUT2D eigenvalue weighted by atomic mass is 16.2. The number of nitrogens with one attached hydrogen (secondary N) is 2. The van der Waals surface area contributed by atoms with E-state index in [2.05, 4.69) is 15.5 Å². The zero-order valence-corrected chi connectivity index (χ0v) is 13.3. The van der Waals surface area contributed by atoms with Gasteiger partial charge in [-0.2, -0.15) is 5.10 Å². The van der Waals surface area contributed by atoms with Crippen molar-refractivity contribution in [1.29, 1.82) is 0 Å². The number of ketones is 1. The van der Waals surface area contributed by atoms with Crippen molar-refractivity contribution >= 4 is 11.7 Å². The zero-order chi connectivity index (χ0) is 16.2. The molecule has 3 rings (SSSR count). The van der Waals surface area contributed by atoms with Gasteiger partial charge in [0.25, 0.3) is 0 Å². The Kier molecular flexibility index (Phi) is 4.55. The molecule has 2 aromatic rings. The number of benzene rings is 1. The Bertz CT molecular complexity index is 703. The van der Waals surface area contributed by atoms with Crippen molar-refractivity contribution in [1.82, 2.24) is 15.5 Å². The van der Waals surface area contributed by atoms with Crippen LogP contribution in [0.1, 0.15) is 46.4 Å². The summed E-state index contributed by atoms with van der Waals surface area (Å²) in [6.07, 6.45) is 4.97. The first-order valence-electron chi connectivity index (χ1n) is 8.02. The fourth-order valence-corrected chi connectivity index (χ4v) is 2.94. The highest BCUT2D eigenvalue weighted by Gasteiger charge is 2.21. The third-order valence-electron chi connectivity index (χ3n) is 4.34. The maximum Gasteiger partial charge on any atom is 0.220 e. The van der Waals surface area contributed by atoms with E-state index in [0.717, 1.165) is 30.5 Å². The van der Waals surface area contributed by atoms with Crippen LogP contribution in [0.4, 0.5) is 0 Å². The fraction of sp³-hybridized carbons (Fsp3) is 0.389. The molecule has 0 saturated carbocycles. The van der Waals surface area contributed by atoms with Gasteiger partial charge in [-0.05, 0) is 25.3 Å². The summed E-state index contributed by atoms with van der Waals surface area (Å²) in [7, 11) is 0. The highest BCUT2D eigenvalue weighted by Crippen LogP contribution is 2.19. The monoisotopic (exact) mass is 311 g/mol. The average Bonchev–Trinajstić information content (AvgIpc) is 3.01. The van der Waals surface area contributed by atoms with Crippen LogP contribution in [0, 0.1) is 6.92 Å². The molecule has 120 valence electrons. The standard InChI is InChI=1S/C18H21N3O2/c1-12-2-4-13(5-3-12)17(22)8-9-18(23)20-15-7-6-14-11-19-21-16(14)10-15/h2-5,11,15H,6-10H2,1H3,(H,19,21)(H,20,23). The minimum atomic E-state index is -0.0570. The maximum atomic E-state index is 12.1. The van der Waals surface area contributed by atoms with E-state index in [0.29, 0.717) is 5.56 Å². The number of carbonyl (C=O) groups is 2. The molecule has 1 amide bonds. The van der Waals surface area contributed by atoms with Gasteiger partial charge in [0.05, 0.1) is 6.20 Å². The van der Waals surface area contributed by atoms with Gasteiger partial charge >= 0.3 is 0 Å². The molecule has 5 nitrogen and oxygen atoms in total. The molecule has 1 unspecified atom stereocenters. The van der Waals surface area contributed by atoms with Gasteiger partial charge in [0.1, 0.15) is 0 Å². The molecule has 5 heteroatoms. The van der Waals surface area contributed by atoms with Crippen LogP contribution < -0.4 is 5.32 Å². The summed E-state index contributed by atoms with van der Waals surface area (Å²) in [5.74, 6) is -0.0434. The van der Waals surface area contributed by atoms with Gasteiger partial charge in [-0.1, -0.05) is 29.8 Å². The van der Waals surface area contributed by atoms with E-state index < -0.39 is 0 Å². The number of fused-ring (bicyclic) bond motifs is 1. The number of aromatic amines is 1. The number of nitrogens with zero attached hydrogens (tertiary/aromatic N) is 1. The van der Waals surface area contributed by atoms with E-state index in [1.54, 1.807) is 0 Å². The number of amides is 1. The van der Waals surface area contributed by atoms with Crippen LogP contribution in [0.5, 0.6) is 0 Å². The lowest BCUT2D eigenvalue weighted by Gasteiger charge is -2.22. The largest absolute Gasteiger partial charge is 0.353 e. The van der Waals surface area contributed by atoms with Gasteiger partial charge in [0.15, 0.2) is 5.78 Å². The molecule has 1 aromatic carbocycles. The smallest absolute Gasteiger partial charge is 0.220 e. The van der Waals surface area contributed by atoms with Crippen molar-refractivity contribution in [3.05, 3.63) is 52.8 Å². The molecule has 0 bridgehead atoms.